The molecular weight excluding hydrogens is 268 g/mol. The Bertz CT molecular complexity index is 391. The van der Waals surface area contributed by atoms with Crippen molar-refractivity contribution in [3.05, 3.63) is 0 Å². The molecule has 0 saturated carbocycles. The van der Waals surface area contributed by atoms with Crippen LogP contribution in [0.5, 0.6) is 0 Å². The zero-order valence-corrected chi connectivity index (χ0v) is 14.0. The van der Waals surface area contributed by atoms with Gasteiger partial charge in [0.1, 0.15) is 0 Å². The molecule has 122 valence electrons. The maximum Gasteiger partial charge on any atom is 0.317 e. The smallest absolute Gasteiger partial charge is 0.317 e. The Morgan fingerprint density at radius 2 is 1.90 bits per heavy atom. The van der Waals surface area contributed by atoms with E-state index in [1.807, 2.05) is 0 Å². The molecule has 0 spiro atoms. The third kappa shape index (κ3) is 4.61. The molecule has 0 aromatic heterocycles. The van der Waals surface area contributed by atoms with Crippen LogP contribution in [0.1, 0.15) is 53.9 Å². The molecule has 0 aromatic carbocycles. The van der Waals surface area contributed by atoms with Crippen molar-refractivity contribution in [2.45, 2.75) is 53.9 Å². The number of carboxylic acids is 1. The fraction of sp³-hybridized carbons (Fsp3) is 0.875. The average Bonchev–Trinajstić information content (AvgIpc) is 2.44. The van der Waals surface area contributed by atoms with Crippen LogP contribution in [0.3, 0.4) is 0 Å². The van der Waals surface area contributed by atoms with E-state index in [4.69, 9.17) is 0 Å². The van der Waals surface area contributed by atoms with Crippen molar-refractivity contribution in [2.24, 2.45) is 16.7 Å². The van der Waals surface area contributed by atoms with Crippen LogP contribution in [0.15, 0.2) is 0 Å². The molecule has 2 amide bonds. The third-order valence-electron chi connectivity index (χ3n) is 4.96. The van der Waals surface area contributed by atoms with Gasteiger partial charge in [-0.15, -0.1) is 0 Å². The zero-order chi connectivity index (χ0) is 16.3. The van der Waals surface area contributed by atoms with Crippen molar-refractivity contribution < 1.29 is 14.7 Å². The number of nitrogens with zero attached hydrogens (tertiary/aromatic N) is 1. The predicted molar refractivity (Wildman–Crippen MR) is 83.2 cm³/mol. The summed E-state index contributed by atoms with van der Waals surface area (Å²) < 4.78 is 0. The number of piperidine rings is 1. The van der Waals surface area contributed by atoms with Crippen LogP contribution in [-0.2, 0) is 4.79 Å². The molecule has 2 N–H and O–H groups in total. The molecule has 1 unspecified atom stereocenters. The van der Waals surface area contributed by atoms with Gasteiger partial charge in [-0.1, -0.05) is 20.8 Å². The van der Waals surface area contributed by atoms with E-state index in [2.05, 4.69) is 26.1 Å². The lowest BCUT2D eigenvalue weighted by molar-refractivity contribution is -0.151. The van der Waals surface area contributed by atoms with Crippen LogP contribution in [0.2, 0.25) is 0 Å². The number of hydrogen-bond donors (Lipinski definition) is 2. The van der Waals surface area contributed by atoms with Crippen molar-refractivity contribution in [3.8, 4) is 0 Å². The van der Waals surface area contributed by atoms with Crippen LogP contribution >= 0.6 is 0 Å². The van der Waals surface area contributed by atoms with Gasteiger partial charge < -0.3 is 15.3 Å². The Morgan fingerprint density at radius 1 is 1.29 bits per heavy atom. The van der Waals surface area contributed by atoms with Crippen LogP contribution in [0, 0.1) is 16.7 Å². The van der Waals surface area contributed by atoms with Gasteiger partial charge in [0.2, 0.25) is 0 Å². The molecule has 0 aromatic rings. The van der Waals surface area contributed by atoms with E-state index in [1.54, 1.807) is 18.7 Å². The minimum Gasteiger partial charge on any atom is -0.481 e. The SMILES string of the molecule is CCC(C)(C)CNC(=O)N1CCCC(C(C)(C)C(=O)O)C1. The summed E-state index contributed by atoms with van der Waals surface area (Å²) in [7, 11) is 0. The highest BCUT2D eigenvalue weighted by Gasteiger charge is 2.40. The molecule has 1 aliphatic heterocycles. The first-order valence-electron chi connectivity index (χ1n) is 7.86. The van der Waals surface area contributed by atoms with Crippen LogP contribution < -0.4 is 5.32 Å². The van der Waals surface area contributed by atoms with Crippen molar-refractivity contribution >= 4 is 12.0 Å². The Balaban J connectivity index is 2.60. The largest absolute Gasteiger partial charge is 0.481 e. The molecule has 21 heavy (non-hydrogen) atoms. The molecule has 5 heteroatoms. The minimum atomic E-state index is -0.790. The number of nitrogens with one attached hydrogen (secondary N) is 1. The number of carboxylic acid groups (broad SMARTS) is 1. The van der Waals surface area contributed by atoms with Gasteiger partial charge in [-0.25, -0.2) is 4.79 Å². The Morgan fingerprint density at radius 3 is 2.43 bits per heavy atom. The van der Waals surface area contributed by atoms with Crippen LogP contribution in [0.4, 0.5) is 4.79 Å². The van der Waals surface area contributed by atoms with Gasteiger partial charge in [0.05, 0.1) is 5.41 Å². The van der Waals surface area contributed by atoms with E-state index in [0.717, 1.165) is 19.3 Å². The van der Waals surface area contributed by atoms with E-state index in [1.165, 1.54) is 0 Å². The lowest BCUT2D eigenvalue weighted by Gasteiger charge is -2.39. The second-order valence-corrected chi connectivity index (χ2v) is 7.49. The summed E-state index contributed by atoms with van der Waals surface area (Å²) in [6.45, 7) is 11.7. The zero-order valence-electron chi connectivity index (χ0n) is 14.0. The Kier molecular flexibility index (Phi) is 5.65. The Labute approximate surface area is 128 Å². The summed E-state index contributed by atoms with van der Waals surface area (Å²) in [5.74, 6) is -0.782. The normalized spacial score (nSPS) is 20.2. The number of carbonyl (C=O) groups excluding carboxylic acids is 1. The number of hydrogen-bond acceptors (Lipinski definition) is 2. The second kappa shape index (κ2) is 6.67. The average molecular weight is 298 g/mol. The number of amides is 2. The summed E-state index contributed by atoms with van der Waals surface area (Å²) in [5.41, 5.74) is -0.702. The van der Waals surface area contributed by atoms with Crippen LogP contribution in [0.25, 0.3) is 0 Å². The lowest BCUT2D eigenvalue weighted by Crippen LogP contribution is -2.51. The summed E-state index contributed by atoms with van der Waals surface area (Å²) in [6.07, 6.45) is 2.73. The van der Waals surface area contributed by atoms with Crippen molar-refractivity contribution in [1.82, 2.24) is 10.2 Å². The van der Waals surface area contributed by atoms with E-state index < -0.39 is 11.4 Å². The first-order chi connectivity index (χ1) is 9.60. The van der Waals surface area contributed by atoms with Gasteiger partial charge in [0.15, 0.2) is 0 Å². The summed E-state index contributed by atoms with van der Waals surface area (Å²) in [6, 6.07) is -0.0672. The molecule has 0 aliphatic carbocycles. The summed E-state index contributed by atoms with van der Waals surface area (Å²) >= 11 is 0. The fourth-order valence-electron chi connectivity index (χ4n) is 2.48. The van der Waals surface area contributed by atoms with Gasteiger partial charge in [-0.05, 0) is 44.4 Å². The van der Waals surface area contributed by atoms with Gasteiger partial charge in [0.25, 0.3) is 0 Å². The molecule has 1 atom stereocenters. The van der Waals surface area contributed by atoms with E-state index in [9.17, 15) is 14.7 Å². The van der Waals surface area contributed by atoms with E-state index in [-0.39, 0.29) is 17.4 Å². The fourth-order valence-corrected chi connectivity index (χ4v) is 2.48. The van der Waals surface area contributed by atoms with Gasteiger partial charge in [0, 0.05) is 19.6 Å². The maximum absolute atomic E-state index is 12.3. The molecule has 0 radical (unpaired) electrons. The summed E-state index contributed by atoms with van der Waals surface area (Å²) in [4.78, 5) is 25.4. The molecule has 1 rings (SSSR count). The Hall–Kier alpha value is -1.26. The van der Waals surface area contributed by atoms with Gasteiger partial charge in [-0.2, -0.15) is 0 Å². The standard InChI is InChI=1S/C16H30N2O3/c1-6-15(2,3)11-17-14(21)18-9-7-8-12(10-18)16(4,5)13(19)20/h12H,6-11H2,1-5H3,(H,17,21)(H,19,20). The predicted octanol–water partition coefficient (Wildman–Crippen LogP) is 2.96. The quantitative estimate of drug-likeness (QED) is 0.820. The van der Waals surface area contributed by atoms with E-state index in [0.29, 0.717) is 19.6 Å². The molecule has 1 aliphatic rings. The maximum atomic E-state index is 12.3. The molecule has 1 heterocycles. The number of carbonyl (C=O) groups is 2. The van der Waals surface area contributed by atoms with E-state index >= 15 is 0 Å². The first-order valence-corrected chi connectivity index (χ1v) is 7.86. The molecule has 1 saturated heterocycles. The van der Waals surface area contributed by atoms with Crippen molar-refractivity contribution in [3.63, 3.8) is 0 Å². The van der Waals surface area contributed by atoms with Crippen molar-refractivity contribution in [1.29, 1.82) is 0 Å². The third-order valence-corrected chi connectivity index (χ3v) is 4.96. The number of rotatable bonds is 5. The number of aliphatic carboxylic acids is 1. The minimum absolute atomic E-state index is 0.00804. The van der Waals surface area contributed by atoms with Crippen LogP contribution in [-0.4, -0.2) is 41.6 Å². The highest BCUT2D eigenvalue weighted by atomic mass is 16.4. The van der Waals surface area contributed by atoms with Gasteiger partial charge in [-0.3, -0.25) is 4.79 Å². The number of likely N-dealkylation sites (tertiary alicyclic amines) is 1. The highest BCUT2D eigenvalue weighted by Crippen LogP contribution is 2.34. The highest BCUT2D eigenvalue weighted by molar-refractivity contribution is 5.76. The molecule has 5 nitrogen and oxygen atoms in total. The van der Waals surface area contributed by atoms with Crippen molar-refractivity contribution in [2.75, 3.05) is 19.6 Å². The monoisotopic (exact) mass is 298 g/mol. The molecule has 1 fully saturated rings. The summed E-state index contributed by atoms with van der Waals surface area (Å²) in [5, 5.41) is 12.3. The second-order valence-electron chi connectivity index (χ2n) is 7.49. The molecule has 0 bridgehead atoms. The number of urea groups is 1. The topological polar surface area (TPSA) is 69.6 Å². The first kappa shape index (κ1) is 17.8. The lowest BCUT2D eigenvalue weighted by atomic mass is 9.74. The van der Waals surface area contributed by atoms with Gasteiger partial charge >= 0.3 is 12.0 Å². The molecular formula is C16H30N2O3.